The van der Waals surface area contributed by atoms with Gasteiger partial charge in [-0.15, -0.1) is 0 Å². The number of aromatic nitrogens is 5. The molecule has 0 saturated heterocycles. The number of rotatable bonds is 6. The van der Waals surface area contributed by atoms with Crippen LogP contribution in [0.15, 0.2) is 85.6 Å². The molecule has 8 nitrogen and oxygen atoms in total. The average Bonchev–Trinajstić information content (AvgIpc) is 3.49. The Morgan fingerprint density at radius 3 is 2.72 bits per heavy atom. The number of aryl methyl sites for hydroxylation is 2. The molecular weight excluding hydrogens is 507 g/mol. The van der Waals surface area contributed by atoms with E-state index in [9.17, 15) is 18.0 Å². The lowest BCUT2D eigenvalue weighted by molar-refractivity contribution is -0.137. The first-order valence-corrected chi connectivity index (χ1v) is 11.1. The Morgan fingerprint density at radius 2 is 1.97 bits per heavy atom. The number of benzene rings is 2. The van der Waals surface area contributed by atoms with Gasteiger partial charge in [-0.3, -0.25) is 9.78 Å². The van der Waals surface area contributed by atoms with Gasteiger partial charge in [0.2, 0.25) is 5.95 Å². The molecule has 0 radical (unpaired) electrons. The number of hydrogen-bond acceptors (Lipinski definition) is 6. The standard InChI is InChI=1S/C28H22F3N7O/c1-17-5-6-19(10-25(17)37-27-33-9-7-24(36-27)20-4-3-8-32-14-20)26(39)35-22-11-21(28(29,30)31)12-23(13-22)38-15-18(2)34-16-38/h3-16H,1-2H3,(H,35,39)(H,33,36,37)/i1D3,2D3,11D,12D,13D. The molecule has 3 heterocycles. The Kier molecular flexibility index (Phi) is 4.44. The summed E-state index contributed by atoms with van der Waals surface area (Å²) in [4.78, 5) is 29.6. The van der Waals surface area contributed by atoms with E-state index in [-0.39, 0.29) is 22.8 Å². The van der Waals surface area contributed by atoms with Crippen LogP contribution in [-0.2, 0) is 6.18 Å². The molecule has 0 fully saturated rings. The number of carbonyl (C=O) groups is 1. The van der Waals surface area contributed by atoms with E-state index in [1.165, 1.54) is 6.20 Å². The monoisotopic (exact) mass is 538 g/mol. The van der Waals surface area contributed by atoms with E-state index in [1.807, 2.05) is 0 Å². The fourth-order valence-corrected chi connectivity index (χ4v) is 3.42. The molecule has 0 unspecified atom stereocenters. The minimum atomic E-state index is -5.29. The van der Waals surface area contributed by atoms with E-state index in [1.54, 1.807) is 30.6 Å². The van der Waals surface area contributed by atoms with Crippen LogP contribution in [0.1, 0.15) is 39.5 Å². The summed E-state index contributed by atoms with van der Waals surface area (Å²) in [6, 6.07) is 4.69. The number of carbonyl (C=O) groups excluding carboxylic acids is 1. The van der Waals surface area contributed by atoms with Crippen molar-refractivity contribution in [2.75, 3.05) is 10.6 Å². The number of alkyl halides is 3. The number of pyridine rings is 1. The van der Waals surface area contributed by atoms with E-state index in [0.717, 1.165) is 35.3 Å². The number of nitrogens with zero attached hydrogens (tertiary/aromatic N) is 5. The number of nitrogens with one attached hydrogen (secondary N) is 2. The molecule has 0 aliphatic heterocycles. The maximum absolute atomic E-state index is 14.1. The largest absolute Gasteiger partial charge is 0.416 e. The lowest BCUT2D eigenvalue weighted by Crippen LogP contribution is -2.14. The highest BCUT2D eigenvalue weighted by molar-refractivity contribution is 6.05. The molecule has 3 aromatic heterocycles. The van der Waals surface area contributed by atoms with E-state index >= 15 is 0 Å². The topological polar surface area (TPSA) is 97.6 Å². The number of halogens is 3. The second-order valence-electron chi connectivity index (χ2n) is 7.98. The van der Waals surface area contributed by atoms with Crippen LogP contribution < -0.4 is 10.6 Å². The number of imidazole rings is 1. The highest BCUT2D eigenvalue weighted by Crippen LogP contribution is 2.33. The molecule has 0 atom stereocenters. The third kappa shape index (κ3) is 5.93. The average molecular weight is 539 g/mol. The lowest BCUT2D eigenvalue weighted by atomic mass is 10.1. The molecule has 196 valence electrons. The van der Waals surface area contributed by atoms with Crippen LogP contribution in [0.3, 0.4) is 0 Å². The Labute approximate surface area is 234 Å². The summed E-state index contributed by atoms with van der Waals surface area (Å²) >= 11 is 0. The van der Waals surface area contributed by atoms with E-state index in [2.05, 4.69) is 30.6 Å². The summed E-state index contributed by atoms with van der Waals surface area (Å²) in [5, 5.41) is 4.88. The molecule has 1 amide bonds. The minimum absolute atomic E-state index is 0.0523. The Morgan fingerprint density at radius 1 is 1.08 bits per heavy atom. The highest BCUT2D eigenvalue weighted by atomic mass is 19.4. The molecule has 5 aromatic rings. The molecular formula is C28H22F3N7O. The molecule has 11 heteroatoms. The molecule has 0 saturated carbocycles. The first kappa shape index (κ1) is 16.7. The van der Waals surface area contributed by atoms with Gasteiger partial charge < -0.3 is 15.2 Å². The van der Waals surface area contributed by atoms with Crippen molar-refractivity contribution in [3.8, 4) is 16.9 Å². The van der Waals surface area contributed by atoms with Gasteiger partial charge in [0.25, 0.3) is 5.91 Å². The second-order valence-corrected chi connectivity index (χ2v) is 7.98. The summed E-state index contributed by atoms with van der Waals surface area (Å²) in [5.41, 5.74) is -3.66. The zero-order valence-electron chi connectivity index (χ0n) is 28.6. The van der Waals surface area contributed by atoms with Crippen LogP contribution in [-0.4, -0.2) is 30.4 Å². The molecule has 39 heavy (non-hydrogen) atoms. The maximum atomic E-state index is 14.1. The van der Waals surface area contributed by atoms with Gasteiger partial charge in [0.1, 0.15) is 0 Å². The summed E-state index contributed by atoms with van der Waals surface area (Å²) in [6.07, 6.45) is 0.864. The third-order valence-electron chi connectivity index (χ3n) is 5.24. The van der Waals surface area contributed by atoms with Gasteiger partial charge >= 0.3 is 6.18 Å². The Hall–Kier alpha value is -5.06. The Balaban J connectivity index is 1.57. The van der Waals surface area contributed by atoms with Crippen molar-refractivity contribution in [1.82, 2.24) is 24.5 Å². The molecule has 0 aliphatic rings. The molecule has 2 N–H and O–H groups in total. The van der Waals surface area contributed by atoms with Crippen molar-refractivity contribution in [2.24, 2.45) is 0 Å². The second kappa shape index (κ2) is 10.4. The van der Waals surface area contributed by atoms with Crippen LogP contribution in [0, 0.1) is 13.7 Å². The third-order valence-corrected chi connectivity index (χ3v) is 5.24. The quantitative estimate of drug-likeness (QED) is 0.261. The SMILES string of the molecule is [2H]c1c(NC(=O)c2ccc(C([2H])([2H])[2H])c(Nc3nccc(-c4cccnc4)n3)c2)c([2H])c(C(F)(F)F)c([2H])c1-n1cnc(C([2H])([2H])[2H])c1. The van der Waals surface area contributed by atoms with Crippen molar-refractivity contribution in [3.63, 3.8) is 0 Å². The van der Waals surface area contributed by atoms with Gasteiger partial charge in [-0.1, -0.05) is 6.07 Å². The van der Waals surface area contributed by atoms with Gasteiger partial charge in [-0.05, 0) is 67.7 Å². The Bertz CT molecular complexity index is 2020. The maximum Gasteiger partial charge on any atom is 0.416 e. The zero-order valence-corrected chi connectivity index (χ0v) is 19.6. The number of hydrogen-bond donors (Lipinski definition) is 2. The predicted octanol–water partition coefficient (Wildman–Crippen LogP) is 6.36. The van der Waals surface area contributed by atoms with Gasteiger partial charge in [0, 0.05) is 61.2 Å². The van der Waals surface area contributed by atoms with Gasteiger partial charge in [0.15, 0.2) is 0 Å². The van der Waals surface area contributed by atoms with Crippen LogP contribution in [0.2, 0.25) is 0 Å². The predicted molar refractivity (Wildman–Crippen MR) is 141 cm³/mol. The van der Waals surface area contributed by atoms with E-state index < -0.39 is 66.5 Å². The normalized spacial score (nSPS) is 15.3. The minimum Gasteiger partial charge on any atom is -0.324 e. The first-order valence-electron chi connectivity index (χ1n) is 15.6. The smallest absolute Gasteiger partial charge is 0.324 e. The van der Waals surface area contributed by atoms with Gasteiger partial charge in [0.05, 0.1) is 27.4 Å². The summed E-state index contributed by atoms with van der Waals surface area (Å²) in [7, 11) is 0. The van der Waals surface area contributed by atoms with Crippen LogP contribution in [0.25, 0.3) is 16.9 Å². The van der Waals surface area contributed by atoms with Crippen molar-refractivity contribution in [3.05, 3.63) is 108 Å². The van der Waals surface area contributed by atoms with Crippen LogP contribution in [0.5, 0.6) is 0 Å². The van der Waals surface area contributed by atoms with Crippen LogP contribution in [0.4, 0.5) is 30.5 Å². The summed E-state index contributed by atoms with van der Waals surface area (Å²) in [5.74, 6) is -1.18. The van der Waals surface area contributed by atoms with Gasteiger partial charge in [-0.25, -0.2) is 15.0 Å². The molecule has 5 rings (SSSR count). The fraction of sp³-hybridized carbons (Fsp3) is 0.107. The zero-order chi connectivity index (χ0) is 35.2. The van der Waals surface area contributed by atoms with E-state index in [4.69, 9.17) is 12.3 Å². The number of anilines is 3. The molecule has 0 spiro atoms. The molecule has 2 aromatic carbocycles. The van der Waals surface area contributed by atoms with Crippen molar-refractivity contribution >= 4 is 23.2 Å². The lowest BCUT2D eigenvalue weighted by Gasteiger charge is -2.14. The number of amides is 1. The first-order chi connectivity index (χ1) is 22.4. The summed E-state index contributed by atoms with van der Waals surface area (Å²) < 4.78 is 114. The van der Waals surface area contributed by atoms with Crippen LogP contribution >= 0.6 is 0 Å². The summed E-state index contributed by atoms with van der Waals surface area (Å²) in [6.45, 7) is -5.45. The van der Waals surface area contributed by atoms with E-state index in [0.29, 0.717) is 11.3 Å². The van der Waals surface area contributed by atoms with Crippen molar-refractivity contribution in [1.29, 1.82) is 0 Å². The van der Waals surface area contributed by atoms with Crippen molar-refractivity contribution in [2.45, 2.75) is 19.9 Å². The van der Waals surface area contributed by atoms with Gasteiger partial charge in [-0.2, -0.15) is 13.2 Å². The van der Waals surface area contributed by atoms with Crippen molar-refractivity contribution < 1.29 is 30.3 Å². The molecule has 0 bridgehead atoms. The fourth-order valence-electron chi connectivity index (χ4n) is 3.42. The highest BCUT2D eigenvalue weighted by Gasteiger charge is 2.31. The molecule has 0 aliphatic carbocycles.